The van der Waals surface area contributed by atoms with Crippen molar-refractivity contribution in [2.45, 2.75) is 18.4 Å². The van der Waals surface area contributed by atoms with E-state index in [1.165, 1.54) is 12.1 Å². The van der Waals surface area contributed by atoms with Gasteiger partial charge in [-0.25, -0.2) is 17.5 Å². The Kier molecular flexibility index (Phi) is 4.42. The largest absolute Gasteiger partial charge is 0.240 e. The fraction of sp³-hybridized carbons (Fsp3) is 0.143. The third-order valence-electron chi connectivity index (χ3n) is 2.88. The zero-order valence-electron chi connectivity index (χ0n) is 10.7. The molecule has 2 aromatic rings. The maximum absolute atomic E-state index is 12.8. The highest BCUT2D eigenvalue weighted by molar-refractivity contribution is 7.89. The Hall–Kier alpha value is -1.43. The van der Waals surface area contributed by atoms with Crippen LogP contribution in [0.2, 0.25) is 5.02 Å². The number of benzene rings is 2. The van der Waals surface area contributed by atoms with Crippen molar-refractivity contribution < 1.29 is 12.8 Å². The van der Waals surface area contributed by atoms with Crippen LogP contribution >= 0.6 is 11.6 Å². The van der Waals surface area contributed by atoms with Crippen molar-refractivity contribution in [1.29, 1.82) is 0 Å². The van der Waals surface area contributed by atoms with E-state index in [9.17, 15) is 12.8 Å². The molecule has 6 heteroatoms. The number of hydrogen-bond donors (Lipinski definition) is 1. The molecule has 106 valence electrons. The van der Waals surface area contributed by atoms with Gasteiger partial charge >= 0.3 is 0 Å². The second-order valence-corrected chi connectivity index (χ2v) is 6.55. The maximum atomic E-state index is 12.8. The molecule has 0 aliphatic carbocycles. The molecule has 0 aliphatic heterocycles. The second kappa shape index (κ2) is 5.91. The molecule has 0 aromatic heterocycles. The van der Waals surface area contributed by atoms with Crippen LogP contribution in [0.15, 0.2) is 47.4 Å². The minimum Gasteiger partial charge on any atom is -0.207 e. The van der Waals surface area contributed by atoms with Gasteiger partial charge in [-0.05, 0) is 54.4 Å². The summed E-state index contributed by atoms with van der Waals surface area (Å²) in [6.45, 7) is 2.01. The molecule has 0 unspecified atom stereocenters. The molecule has 0 aliphatic rings. The van der Waals surface area contributed by atoms with Crippen molar-refractivity contribution in [1.82, 2.24) is 4.72 Å². The lowest BCUT2D eigenvalue weighted by Gasteiger charge is -2.09. The predicted octanol–water partition coefficient (Wildman–Crippen LogP) is 3.27. The summed E-state index contributed by atoms with van der Waals surface area (Å²) in [5.74, 6) is -0.475. The van der Waals surface area contributed by atoms with Gasteiger partial charge in [0.2, 0.25) is 10.0 Å². The van der Waals surface area contributed by atoms with Gasteiger partial charge in [0.25, 0.3) is 0 Å². The Morgan fingerprint density at radius 2 is 1.80 bits per heavy atom. The molecular weight excluding hydrogens is 301 g/mol. The molecule has 0 bridgehead atoms. The van der Waals surface area contributed by atoms with Crippen molar-refractivity contribution in [2.24, 2.45) is 0 Å². The quantitative estimate of drug-likeness (QED) is 0.941. The molecule has 0 spiro atoms. The normalized spacial score (nSPS) is 11.6. The van der Waals surface area contributed by atoms with E-state index in [4.69, 9.17) is 11.6 Å². The molecule has 0 fully saturated rings. The van der Waals surface area contributed by atoms with Crippen LogP contribution in [0, 0.1) is 12.7 Å². The van der Waals surface area contributed by atoms with Crippen LogP contribution in [0.5, 0.6) is 0 Å². The van der Waals surface area contributed by atoms with Crippen LogP contribution < -0.4 is 4.72 Å². The highest BCUT2D eigenvalue weighted by atomic mass is 35.5. The molecule has 0 radical (unpaired) electrons. The summed E-state index contributed by atoms with van der Waals surface area (Å²) in [4.78, 5) is 0.0329. The molecule has 1 N–H and O–H groups in total. The van der Waals surface area contributed by atoms with Gasteiger partial charge in [-0.1, -0.05) is 17.7 Å². The number of nitrogens with one attached hydrogen (secondary N) is 1. The van der Waals surface area contributed by atoms with Gasteiger partial charge in [0.15, 0.2) is 0 Å². The van der Waals surface area contributed by atoms with Gasteiger partial charge in [0, 0.05) is 11.6 Å². The lowest BCUT2D eigenvalue weighted by atomic mass is 10.1. The van der Waals surface area contributed by atoms with Gasteiger partial charge in [-0.2, -0.15) is 0 Å². The third-order valence-corrected chi connectivity index (χ3v) is 4.53. The molecule has 20 heavy (non-hydrogen) atoms. The summed E-state index contributed by atoms with van der Waals surface area (Å²) in [5.41, 5.74) is 1.74. The molecule has 0 heterocycles. The lowest BCUT2D eigenvalue weighted by molar-refractivity contribution is 0.580. The SMILES string of the molecule is Cc1cc(Cl)ccc1CNS(=O)(=O)c1ccc(F)cc1. The van der Waals surface area contributed by atoms with Gasteiger partial charge in [-0.3, -0.25) is 0 Å². The highest BCUT2D eigenvalue weighted by Gasteiger charge is 2.14. The lowest BCUT2D eigenvalue weighted by Crippen LogP contribution is -2.23. The maximum Gasteiger partial charge on any atom is 0.240 e. The molecule has 0 atom stereocenters. The first kappa shape index (κ1) is 15.0. The Bertz CT molecular complexity index is 714. The van der Waals surface area contributed by atoms with Crippen molar-refractivity contribution >= 4 is 21.6 Å². The molecule has 2 aromatic carbocycles. The van der Waals surface area contributed by atoms with E-state index in [2.05, 4.69) is 4.72 Å². The predicted molar refractivity (Wildman–Crippen MR) is 76.6 cm³/mol. The number of rotatable bonds is 4. The first-order valence-corrected chi connectivity index (χ1v) is 7.75. The third kappa shape index (κ3) is 3.56. The molecule has 0 saturated heterocycles. The number of hydrogen-bond acceptors (Lipinski definition) is 2. The first-order valence-electron chi connectivity index (χ1n) is 5.89. The van der Waals surface area contributed by atoms with Crippen LogP contribution in [0.1, 0.15) is 11.1 Å². The Balaban J connectivity index is 2.15. The number of aryl methyl sites for hydroxylation is 1. The van der Waals surface area contributed by atoms with Crippen molar-refractivity contribution in [2.75, 3.05) is 0 Å². The Labute approximate surface area is 122 Å². The Morgan fingerprint density at radius 3 is 2.40 bits per heavy atom. The Morgan fingerprint density at radius 1 is 1.15 bits per heavy atom. The summed E-state index contributed by atoms with van der Waals surface area (Å²) in [5, 5.41) is 0.604. The van der Waals surface area contributed by atoms with E-state index < -0.39 is 15.8 Å². The van der Waals surface area contributed by atoms with Crippen LogP contribution in [0.4, 0.5) is 4.39 Å². The minimum absolute atomic E-state index is 0.0329. The van der Waals surface area contributed by atoms with Crippen LogP contribution in [-0.2, 0) is 16.6 Å². The molecular formula is C14H13ClFNO2S. The van der Waals surface area contributed by atoms with E-state index in [-0.39, 0.29) is 11.4 Å². The van der Waals surface area contributed by atoms with Gasteiger partial charge in [0.05, 0.1) is 4.90 Å². The van der Waals surface area contributed by atoms with Gasteiger partial charge in [0.1, 0.15) is 5.82 Å². The topological polar surface area (TPSA) is 46.2 Å². The number of sulfonamides is 1. The molecule has 2 rings (SSSR count). The van der Waals surface area contributed by atoms with Gasteiger partial charge < -0.3 is 0 Å². The fourth-order valence-electron chi connectivity index (χ4n) is 1.73. The van der Waals surface area contributed by atoms with Crippen molar-refractivity contribution in [3.8, 4) is 0 Å². The van der Waals surface area contributed by atoms with E-state index in [0.717, 1.165) is 23.3 Å². The zero-order valence-corrected chi connectivity index (χ0v) is 12.3. The van der Waals surface area contributed by atoms with Crippen LogP contribution in [0.3, 0.4) is 0 Å². The smallest absolute Gasteiger partial charge is 0.207 e. The highest BCUT2D eigenvalue weighted by Crippen LogP contribution is 2.16. The summed E-state index contributed by atoms with van der Waals surface area (Å²) >= 11 is 5.84. The summed E-state index contributed by atoms with van der Waals surface area (Å²) < 4.78 is 39.3. The van der Waals surface area contributed by atoms with Crippen LogP contribution in [-0.4, -0.2) is 8.42 Å². The average molecular weight is 314 g/mol. The van der Waals surface area contributed by atoms with Crippen LogP contribution in [0.25, 0.3) is 0 Å². The minimum atomic E-state index is -3.65. The molecule has 0 amide bonds. The van der Waals surface area contributed by atoms with Crippen molar-refractivity contribution in [3.05, 3.63) is 64.4 Å². The summed E-state index contributed by atoms with van der Waals surface area (Å²) in [7, 11) is -3.65. The van der Waals surface area contributed by atoms with E-state index in [1.54, 1.807) is 18.2 Å². The average Bonchev–Trinajstić information content (AvgIpc) is 2.38. The fourth-order valence-corrected chi connectivity index (χ4v) is 2.96. The number of halogens is 2. The van der Waals surface area contributed by atoms with Crippen molar-refractivity contribution in [3.63, 3.8) is 0 Å². The monoisotopic (exact) mass is 313 g/mol. The second-order valence-electron chi connectivity index (χ2n) is 4.35. The van der Waals surface area contributed by atoms with E-state index in [1.807, 2.05) is 6.92 Å². The molecule has 0 saturated carbocycles. The van der Waals surface area contributed by atoms with Gasteiger partial charge in [-0.15, -0.1) is 0 Å². The zero-order chi connectivity index (χ0) is 14.8. The summed E-state index contributed by atoms with van der Waals surface area (Å²) in [6, 6.07) is 9.92. The van der Waals surface area contributed by atoms with E-state index in [0.29, 0.717) is 5.02 Å². The first-order chi connectivity index (χ1) is 9.38. The molecule has 3 nitrogen and oxygen atoms in total. The standard InChI is InChI=1S/C14H13ClFNO2S/c1-10-8-12(15)3-2-11(10)9-17-20(18,19)14-6-4-13(16)5-7-14/h2-8,17H,9H2,1H3. The van der Waals surface area contributed by atoms with E-state index >= 15 is 0 Å². The summed E-state index contributed by atoms with van der Waals surface area (Å²) in [6.07, 6.45) is 0.